The maximum atomic E-state index is 13.2. The van der Waals surface area contributed by atoms with E-state index in [0.29, 0.717) is 12.3 Å². The Labute approximate surface area is 204 Å². The standard InChI is InChI=1S/C26H33BrN2O2S/c1-18-12-19(2)14-22(13-18)16-32-17-25(30)29(15-21-8-10-23(27)11-9-21)20(3)26(31)28-24-6-4-5-7-24/h8-14,20,24H,4-7,15-17H2,1-3H3,(H,28,31). The molecule has 1 unspecified atom stereocenters. The maximum absolute atomic E-state index is 13.2. The highest BCUT2D eigenvalue weighted by Gasteiger charge is 2.28. The van der Waals surface area contributed by atoms with Crippen LogP contribution in [0.2, 0.25) is 0 Å². The summed E-state index contributed by atoms with van der Waals surface area (Å²) in [5.74, 6) is 1.08. The van der Waals surface area contributed by atoms with E-state index in [2.05, 4.69) is 53.3 Å². The molecule has 2 aromatic rings. The number of nitrogens with zero attached hydrogens (tertiary/aromatic N) is 1. The Morgan fingerprint density at radius 2 is 1.69 bits per heavy atom. The van der Waals surface area contributed by atoms with Gasteiger partial charge in [0.1, 0.15) is 6.04 Å². The lowest BCUT2D eigenvalue weighted by atomic mass is 10.1. The van der Waals surface area contributed by atoms with E-state index < -0.39 is 6.04 Å². The van der Waals surface area contributed by atoms with Crippen molar-refractivity contribution in [2.45, 2.75) is 70.8 Å². The molecule has 0 aliphatic heterocycles. The highest BCUT2D eigenvalue weighted by molar-refractivity contribution is 9.10. The van der Waals surface area contributed by atoms with E-state index in [1.54, 1.807) is 16.7 Å². The van der Waals surface area contributed by atoms with E-state index >= 15 is 0 Å². The molecule has 32 heavy (non-hydrogen) atoms. The molecule has 1 saturated carbocycles. The van der Waals surface area contributed by atoms with Gasteiger partial charge >= 0.3 is 0 Å². The van der Waals surface area contributed by atoms with Gasteiger partial charge in [-0.1, -0.05) is 70.2 Å². The van der Waals surface area contributed by atoms with Crippen LogP contribution in [0.3, 0.4) is 0 Å². The van der Waals surface area contributed by atoms with Crippen molar-refractivity contribution >= 4 is 39.5 Å². The van der Waals surface area contributed by atoms with Gasteiger partial charge in [0.05, 0.1) is 5.75 Å². The Hall–Kier alpha value is -1.79. The summed E-state index contributed by atoms with van der Waals surface area (Å²) in [5, 5.41) is 3.16. The van der Waals surface area contributed by atoms with E-state index in [1.165, 1.54) is 16.7 Å². The van der Waals surface area contributed by atoms with Crippen molar-refractivity contribution in [2.75, 3.05) is 5.75 Å². The predicted octanol–water partition coefficient (Wildman–Crippen LogP) is 5.78. The highest BCUT2D eigenvalue weighted by atomic mass is 79.9. The minimum Gasteiger partial charge on any atom is -0.352 e. The number of halogens is 1. The van der Waals surface area contributed by atoms with Gasteiger partial charge in [0.25, 0.3) is 0 Å². The van der Waals surface area contributed by atoms with Crippen LogP contribution in [0.1, 0.15) is 54.9 Å². The lowest BCUT2D eigenvalue weighted by Crippen LogP contribution is -2.50. The Kier molecular flexibility index (Phi) is 9.23. The molecule has 172 valence electrons. The molecule has 1 N–H and O–H groups in total. The summed E-state index contributed by atoms with van der Waals surface area (Å²) in [6.45, 7) is 6.46. The maximum Gasteiger partial charge on any atom is 0.242 e. The molecule has 0 aromatic heterocycles. The molecule has 4 nitrogen and oxygen atoms in total. The number of hydrogen-bond donors (Lipinski definition) is 1. The third kappa shape index (κ3) is 7.38. The Balaban J connectivity index is 1.65. The van der Waals surface area contributed by atoms with E-state index in [9.17, 15) is 9.59 Å². The number of nitrogens with one attached hydrogen (secondary N) is 1. The average molecular weight is 518 g/mol. The molecule has 1 aliphatic rings. The fourth-order valence-corrected chi connectivity index (χ4v) is 5.36. The van der Waals surface area contributed by atoms with Gasteiger partial charge in [-0.2, -0.15) is 0 Å². The summed E-state index contributed by atoms with van der Waals surface area (Å²) in [6, 6.07) is 14.2. The van der Waals surface area contributed by atoms with Crippen LogP contribution in [0.4, 0.5) is 0 Å². The van der Waals surface area contributed by atoms with Crippen molar-refractivity contribution in [2.24, 2.45) is 0 Å². The van der Waals surface area contributed by atoms with Gasteiger partial charge in [0.15, 0.2) is 0 Å². The van der Waals surface area contributed by atoms with Crippen LogP contribution >= 0.6 is 27.7 Å². The summed E-state index contributed by atoms with van der Waals surface area (Å²) in [4.78, 5) is 27.9. The van der Waals surface area contributed by atoms with Gasteiger partial charge in [0.2, 0.25) is 11.8 Å². The third-order valence-corrected chi connectivity index (χ3v) is 7.43. The summed E-state index contributed by atoms with van der Waals surface area (Å²) in [5.41, 5.74) is 4.72. The summed E-state index contributed by atoms with van der Waals surface area (Å²) >= 11 is 5.06. The largest absolute Gasteiger partial charge is 0.352 e. The van der Waals surface area contributed by atoms with Gasteiger partial charge in [-0.25, -0.2) is 0 Å². The fraction of sp³-hybridized carbons (Fsp3) is 0.462. The van der Waals surface area contributed by atoms with Gasteiger partial charge in [-0.3, -0.25) is 9.59 Å². The number of carbonyl (C=O) groups is 2. The molecule has 6 heteroatoms. The normalized spacial score (nSPS) is 14.9. The lowest BCUT2D eigenvalue weighted by molar-refractivity contribution is -0.138. The SMILES string of the molecule is Cc1cc(C)cc(CSCC(=O)N(Cc2ccc(Br)cc2)C(C)C(=O)NC2CCCC2)c1. The minimum absolute atomic E-state index is 0.00337. The van der Waals surface area contributed by atoms with Crippen molar-refractivity contribution < 1.29 is 9.59 Å². The van der Waals surface area contributed by atoms with E-state index in [1.807, 2.05) is 31.2 Å². The molecule has 1 aliphatic carbocycles. The van der Waals surface area contributed by atoms with Crippen molar-refractivity contribution in [3.8, 4) is 0 Å². The second-order valence-electron chi connectivity index (χ2n) is 8.80. The zero-order chi connectivity index (χ0) is 23.1. The molecular formula is C26H33BrN2O2S. The van der Waals surface area contributed by atoms with Crippen molar-refractivity contribution in [1.29, 1.82) is 0 Å². The molecule has 1 atom stereocenters. The van der Waals surface area contributed by atoms with Crippen LogP contribution in [-0.4, -0.2) is 34.6 Å². The first kappa shape index (κ1) is 24.8. The predicted molar refractivity (Wildman–Crippen MR) is 137 cm³/mol. The Morgan fingerprint density at radius 1 is 1.06 bits per heavy atom. The first-order chi connectivity index (χ1) is 15.3. The van der Waals surface area contributed by atoms with Gasteiger partial charge in [-0.15, -0.1) is 11.8 Å². The molecule has 0 spiro atoms. The first-order valence-electron chi connectivity index (χ1n) is 11.3. The number of amides is 2. The zero-order valence-electron chi connectivity index (χ0n) is 19.2. The summed E-state index contributed by atoms with van der Waals surface area (Å²) in [6.07, 6.45) is 4.39. The second-order valence-corrected chi connectivity index (χ2v) is 10.7. The summed E-state index contributed by atoms with van der Waals surface area (Å²) < 4.78 is 0.996. The molecular weight excluding hydrogens is 484 g/mol. The third-order valence-electron chi connectivity index (χ3n) is 5.91. The number of carbonyl (C=O) groups excluding carboxylic acids is 2. The van der Waals surface area contributed by atoms with Crippen LogP contribution in [-0.2, 0) is 21.9 Å². The lowest BCUT2D eigenvalue weighted by Gasteiger charge is -2.29. The van der Waals surface area contributed by atoms with Crippen molar-refractivity contribution in [3.63, 3.8) is 0 Å². The molecule has 2 aromatic carbocycles. The molecule has 0 heterocycles. The number of thioether (sulfide) groups is 1. The zero-order valence-corrected chi connectivity index (χ0v) is 21.6. The quantitative estimate of drug-likeness (QED) is 0.459. The van der Waals surface area contributed by atoms with E-state index in [4.69, 9.17) is 0 Å². The Morgan fingerprint density at radius 3 is 2.31 bits per heavy atom. The van der Waals surface area contributed by atoms with Gasteiger partial charge in [-0.05, 0) is 56.9 Å². The van der Waals surface area contributed by atoms with Crippen LogP contribution in [0.15, 0.2) is 46.9 Å². The molecule has 0 radical (unpaired) electrons. The number of hydrogen-bond acceptors (Lipinski definition) is 3. The number of aryl methyl sites for hydroxylation is 2. The van der Waals surface area contributed by atoms with Crippen LogP contribution in [0.5, 0.6) is 0 Å². The average Bonchev–Trinajstić information content (AvgIpc) is 3.25. The molecule has 2 amide bonds. The topological polar surface area (TPSA) is 49.4 Å². The number of rotatable bonds is 9. The monoisotopic (exact) mass is 516 g/mol. The molecule has 0 saturated heterocycles. The van der Waals surface area contributed by atoms with Gasteiger partial charge in [0, 0.05) is 22.8 Å². The second kappa shape index (κ2) is 11.9. The first-order valence-corrected chi connectivity index (χ1v) is 13.3. The van der Waals surface area contributed by atoms with Crippen molar-refractivity contribution in [1.82, 2.24) is 10.2 Å². The minimum atomic E-state index is -0.506. The molecule has 3 rings (SSSR count). The fourth-order valence-electron chi connectivity index (χ4n) is 4.25. The van der Waals surface area contributed by atoms with Crippen molar-refractivity contribution in [3.05, 3.63) is 69.2 Å². The van der Waals surface area contributed by atoms with E-state index in [-0.39, 0.29) is 17.9 Å². The highest BCUT2D eigenvalue weighted by Crippen LogP contribution is 2.21. The van der Waals surface area contributed by atoms with Crippen LogP contribution < -0.4 is 5.32 Å². The molecule has 0 bridgehead atoms. The van der Waals surface area contributed by atoms with Gasteiger partial charge < -0.3 is 10.2 Å². The summed E-state index contributed by atoms with van der Waals surface area (Å²) in [7, 11) is 0. The Bertz CT molecular complexity index is 906. The van der Waals surface area contributed by atoms with Crippen LogP contribution in [0.25, 0.3) is 0 Å². The smallest absolute Gasteiger partial charge is 0.242 e. The molecule has 1 fully saturated rings. The van der Waals surface area contributed by atoms with E-state index in [0.717, 1.165) is 41.5 Å². The number of benzene rings is 2. The van der Waals surface area contributed by atoms with Crippen LogP contribution in [0, 0.1) is 13.8 Å².